The van der Waals surface area contributed by atoms with Gasteiger partial charge >= 0.3 is 0 Å². The molecule has 4 nitrogen and oxygen atoms in total. The fourth-order valence-corrected chi connectivity index (χ4v) is 7.92. The summed E-state index contributed by atoms with van der Waals surface area (Å²) in [4.78, 5) is 3.16. The van der Waals surface area contributed by atoms with E-state index in [9.17, 15) is 0 Å². The van der Waals surface area contributed by atoms with Crippen molar-refractivity contribution in [3.63, 3.8) is 0 Å². The molecule has 0 aliphatic carbocycles. The van der Waals surface area contributed by atoms with Crippen molar-refractivity contribution in [1.82, 2.24) is 8.88 Å². The van der Waals surface area contributed by atoms with Crippen LogP contribution in [-0.2, 0) is 8.54 Å². The third kappa shape index (κ3) is 3.42. The molecule has 0 atom stereocenters. The summed E-state index contributed by atoms with van der Waals surface area (Å²) >= 11 is 0. The first-order valence-electron chi connectivity index (χ1n) is 2.94. The topological polar surface area (TPSA) is 33.7 Å². The van der Waals surface area contributed by atoms with Gasteiger partial charge < -0.3 is 17.4 Å². The Hall–Kier alpha value is 0.708. The zero-order chi connectivity index (χ0) is 6.53. The number of nitrogens with one attached hydrogen (secondary N) is 1. The average Bonchev–Trinajstić information content (AvgIpc) is 1.79. The van der Waals surface area contributed by atoms with Crippen LogP contribution in [0.1, 0.15) is 0 Å². The predicted molar refractivity (Wildman–Crippen MR) is 47.6 cm³/mol. The van der Waals surface area contributed by atoms with Gasteiger partial charge in [0, 0.05) is 0 Å². The van der Waals surface area contributed by atoms with Crippen LogP contribution in [0.2, 0.25) is 0 Å². The number of rotatable bonds is 0. The summed E-state index contributed by atoms with van der Waals surface area (Å²) in [5.41, 5.74) is 0. The van der Waals surface area contributed by atoms with E-state index in [0.717, 1.165) is 17.1 Å². The molecule has 0 radical (unpaired) electrons. The second-order valence-corrected chi connectivity index (χ2v) is 12.3. The third-order valence-corrected chi connectivity index (χ3v) is 6.90. The first kappa shape index (κ1) is 7.81. The van der Waals surface area contributed by atoms with Crippen LogP contribution in [0.5, 0.6) is 0 Å². The van der Waals surface area contributed by atoms with Crippen molar-refractivity contribution in [2.75, 3.05) is 6.73 Å². The van der Waals surface area contributed by atoms with Crippen LogP contribution in [0.15, 0.2) is 0 Å². The van der Waals surface area contributed by atoms with E-state index in [2.05, 4.69) is 8.88 Å². The smallest absolute Gasteiger partial charge is 0.228 e. The Kier molecular flexibility index (Phi) is 3.92. The fourth-order valence-electron chi connectivity index (χ4n) is 0.626. The molecule has 1 rings (SSSR count). The first-order valence-corrected chi connectivity index (χ1v) is 7.54. The maximum atomic E-state index is 5.47. The van der Waals surface area contributed by atoms with Gasteiger partial charge in [0.15, 0.2) is 0 Å². The van der Waals surface area contributed by atoms with Crippen molar-refractivity contribution in [3.05, 3.63) is 0 Å². The van der Waals surface area contributed by atoms with E-state index in [-0.39, 0.29) is 19.8 Å². The lowest BCUT2D eigenvalue weighted by Gasteiger charge is -2.19. The van der Waals surface area contributed by atoms with Crippen LogP contribution < -0.4 is 4.98 Å². The lowest BCUT2D eigenvalue weighted by molar-refractivity contribution is 0.305. The highest BCUT2D eigenvalue weighted by molar-refractivity contribution is 6.57. The van der Waals surface area contributed by atoms with Crippen LogP contribution in [-0.4, -0.2) is 50.8 Å². The summed E-state index contributed by atoms with van der Waals surface area (Å²) in [6, 6.07) is 0. The van der Waals surface area contributed by atoms with Gasteiger partial charge in [0.25, 0.3) is 0 Å². The van der Waals surface area contributed by atoms with Gasteiger partial charge in [-0.05, 0) is 0 Å². The lowest BCUT2D eigenvalue weighted by atomic mass is 11.4. The van der Waals surface area contributed by atoms with E-state index >= 15 is 0 Å². The quantitative estimate of drug-likeness (QED) is 0.394. The van der Waals surface area contributed by atoms with Gasteiger partial charge in [-0.15, -0.1) is 0 Å². The summed E-state index contributed by atoms with van der Waals surface area (Å²) < 4.78 is 13.2. The molecular weight excluding hydrogens is 184 g/mol. The molecule has 0 aromatic carbocycles. The molecular formula is CH12N2O2Si4. The van der Waals surface area contributed by atoms with Crippen LogP contribution in [0.25, 0.3) is 0 Å². The molecule has 8 heteroatoms. The van der Waals surface area contributed by atoms with E-state index in [1.807, 2.05) is 0 Å². The minimum absolute atomic E-state index is 0.293. The second kappa shape index (κ2) is 4.51. The molecule has 0 saturated carbocycles. The second-order valence-electron chi connectivity index (χ2n) is 2.06. The van der Waals surface area contributed by atoms with Crippen LogP contribution >= 0.6 is 0 Å². The molecule has 0 amide bonds. The van der Waals surface area contributed by atoms with Gasteiger partial charge in [0.05, 0.1) is 17.1 Å². The van der Waals surface area contributed by atoms with E-state index in [4.69, 9.17) is 8.54 Å². The van der Waals surface area contributed by atoms with Crippen LogP contribution in [0.3, 0.4) is 0 Å². The molecule has 1 aliphatic heterocycles. The van der Waals surface area contributed by atoms with Gasteiger partial charge in [-0.3, -0.25) is 0 Å². The molecule has 0 aromatic heterocycles. The van der Waals surface area contributed by atoms with Crippen LogP contribution in [0.4, 0.5) is 0 Å². The zero-order valence-electron chi connectivity index (χ0n) is 5.59. The number of hydrogen-bond donors (Lipinski definition) is 1. The van der Waals surface area contributed by atoms with E-state index in [1.54, 1.807) is 0 Å². The molecule has 1 fully saturated rings. The molecule has 9 heavy (non-hydrogen) atoms. The van der Waals surface area contributed by atoms with Gasteiger partial charge in [-0.1, -0.05) is 0 Å². The van der Waals surface area contributed by atoms with E-state index < -0.39 is 9.92 Å². The molecule has 0 bridgehead atoms. The summed E-state index contributed by atoms with van der Waals surface area (Å²) in [7, 11) is 0.132. The van der Waals surface area contributed by atoms with Gasteiger partial charge in [-0.25, -0.2) is 0 Å². The normalized spacial score (nSPS) is 33.3. The Morgan fingerprint density at radius 1 is 1.56 bits per heavy atom. The molecule has 0 unspecified atom stereocenters. The fraction of sp³-hybridized carbons (Fsp3) is 1.00. The summed E-state index contributed by atoms with van der Waals surface area (Å²) in [5, 5.41) is 0. The largest absolute Gasteiger partial charge is 0.442 e. The maximum absolute atomic E-state index is 5.47. The average molecular weight is 196 g/mol. The Labute approximate surface area is 64.9 Å². The van der Waals surface area contributed by atoms with Crippen molar-refractivity contribution in [2.45, 2.75) is 0 Å². The van der Waals surface area contributed by atoms with Gasteiger partial charge in [0.2, 0.25) is 29.8 Å². The molecule has 1 aliphatic rings. The highest BCUT2D eigenvalue weighted by Crippen LogP contribution is 1.79. The minimum Gasteiger partial charge on any atom is -0.442 e. The summed E-state index contributed by atoms with van der Waals surface area (Å²) in [5.74, 6) is 0. The zero-order valence-corrected chi connectivity index (χ0v) is 11.8. The van der Waals surface area contributed by atoms with Crippen molar-refractivity contribution in [2.24, 2.45) is 0 Å². The van der Waals surface area contributed by atoms with Crippen molar-refractivity contribution in [1.29, 1.82) is 0 Å². The van der Waals surface area contributed by atoms with E-state index in [0.29, 0.717) is 0 Å². The van der Waals surface area contributed by atoms with Gasteiger partial charge in [0.1, 0.15) is 0 Å². The lowest BCUT2D eigenvalue weighted by Crippen LogP contribution is -2.41. The minimum atomic E-state index is -0.391. The Morgan fingerprint density at radius 2 is 2.44 bits per heavy atom. The van der Waals surface area contributed by atoms with Crippen LogP contribution in [0, 0.1) is 0 Å². The molecule has 1 saturated heterocycles. The monoisotopic (exact) mass is 196 g/mol. The highest BCUT2D eigenvalue weighted by atomic mass is 28.4. The predicted octanol–water partition coefficient (Wildman–Crippen LogP) is -4.84. The van der Waals surface area contributed by atoms with Gasteiger partial charge in [-0.2, -0.15) is 0 Å². The molecule has 0 spiro atoms. The number of nitrogens with zero attached hydrogens (tertiary/aromatic N) is 1. The van der Waals surface area contributed by atoms with Crippen molar-refractivity contribution >= 4 is 40.2 Å². The molecule has 1 heterocycles. The summed E-state index contributed by atoms with van der Waals surface area (Å²) in [6.07, 6.45) is 0. The van der Waals surface area contributed by atoms with Crippen molar-refractivity contribution < 1.29 is 8.54 Å². The Morgan fingerprint density at radius 3 is 3.33 bits per heavy atom. The SMILES string of the molecule is [SiH3]N1[SiH2]OCN[SiH2]O[SiH2]1. The number of hydrogen-bond acceptors (Lipinski definition) is 4. The third-order valence-electron chi connectivity index (χ3n) is 1.03. The van der Waals surface area contributed by atoms with Crippen molar-refractivity contribution in [3.8, 4) is 0 Å². The molecule has 1 N–H and O–H groups in total. The van der Waals surface area contributed by atoms with E-state index in [1.165, 1.54) is 0 Å². The summed E-state index contributed by atoms with van der Waals surface area (Å²) in [6.45, 7) is 0.742. The first-order chi connectivity index (χ1) is 4.39. The highest BCUT2D eigenvalue weighted by Gasteiger charge is 2.02. The molecule has 0 aromatic rings. The molecule has 54 valence electrons. The maximum Gasteiger partial charge on any atom is 0.228 e. The Bertz CT molecular complexity index is 75.0. The standard InChI is InChI=1S/CH12N2O2Si4/c6-3-8-4-1-2-7-5-9-3/h2H,1,7-9H2,6H3. The Balaban J connectivity index is 2.12.